The molecular formula is C17H19Br2NO. The van der Waals surface area contributed by atoms with Gasteiger partial charge in [-0.1, -0.05) is 69.1 Å². The van der Waals surface area contributed by atoms with E-state index in [-0.39, 0.29) is 12.1 Å². The minimum Gasteiger partial charge on any atom is -0.367 e. The van der Waals surface area contributed by atoms with E-state index in [0.29, 0.717) is 6.61 Å². The maximum absolute atomic E-state index is 6.24. The molecule has 0 aromatic heterocycles. The lowest BCUT2D eigenvalue weighted by Gasteiger charge is -2.24. The molecule has 0 bridgehead atoms. The molecule has 21 heavy (non-hydrogen) atoms. The van der Waals surface area contributed by atoms with E-state index in [1.807, 2.05) is 30.3 Å². The summed E-state index contributed by atoms with van der Waals surface area (Å²) in [6.07, 6.45) is 0.770. The van der Waals surface area contributed by atoms with Gasteiger partial charge in [0.25, 0.3) is 0 Å². The number of hydrogen-bond acceptors (Lipinski definition) is 2. The Balaban J connectivity index is 2.14. The largest absolute Gasteiger partial charge is 0.367 e. The normalized spacial score (nSPS) is 13.9. The van der Waals surface area contributed by atoms with Crippen LogP contribution in [0.15, 0.2) is 57.5 Å². The van der Waals surface area contributed by atoms with Crippen LogP contribution in [0.3, 0.4) is 0 Å². The van der Waals surface area contributed by atoms with Crippen molar-refractivity contribution in [3.8, 4) is 0 Å². The molecule has 4 heteroatoms. The van der Waals surface area contributed by atoms with Gasteiger partial charge in [-0.05, 0) is 35.7 Å². The summed E-state index contributed by atoms with van der Waals surface area (Å²) in [6, 6.07) is 16.2. The van der Waals surface area contributed by atoms with Crippen LogP contribution in [-0.4, -0.2) is 6.04 Å². The van der Waals surface area contributed by atoms with Crippen molar-refractivity contribution in [2.45, 2.75) is 32.1 Å². The standard InChI is InChI=1S/C17H19Br2NO/c1-2-16(20)17(12-7-9-14(18)10-8-12)21-11-13-5-3-4-6-15(13)19/h3-10,16-17H,2,11,20H2,1H3. The number of rotatable bonds is 6. The first kappa shape index (κ1) is 16.7. The number of ether oxygens (including phenoxy) is 1. The van der Waals surface area contributed by atoms with Gasteiger partial charge >= 0.3 is 0 Å². The molecule has 2 nitrogen and oxygen atoms in total. The zero-order valence-corrected chi connectivity index (χ0v) is 15.1. The van der Waals surface area contributed by atoms with Gasteiger partial charge in [-0.15, -0.1) is 0 Å². The Labute approximate surface area is 143 Å². The molecular weight excluding hydrogens is 394 g/mol. The van der Waals surface area contributed by atoms with Crippen LogP contribution in [0.4, 0.5) is 0 Å². The molecule has 0 amide bonds. The third-order valence-electron chi connectivity index (χ3n) is 3.44. The third kappa shape index (κ3) is 4.65. The van der Waals surface area contributed by atoms with Gasteiger partial charge in [-0.25, -0.2) is 0 Å². The summed E-state index contributed by atoms with van der Waals surface area (Å²) in [6.45, 7) is 2.62. The second-order valence-corrected chi connectivity index (χ2v) is 6.72. The van der Waals surface area contributed by atoms with Crippen LogP contribution in [-0.2, 0) is 11.3 Å². The molecule has 112 valence electrons. The molecule has 2 rings (SSSR count). The minimum atomic E-state index is -0.102. The summed E-state index contributed by atoms with van der Waals surface area (Å²) in [5.74, 6) is 0. The van der Waals surface area contributed by atoms with Crippen LogP contribution in [0, 0.1) is 0 Å². The van der Waals surface area contributed by atoms with E-state index in [9.17, 15) is 0 Å². The molecule has 0 fully saturated rings. The average molecular weight is 413 g/mol. The van der Waals surface area contributed by atoms with E-state index in [0.717, 1.165) is 26.5 Å². The molecule has 2 aromatic carbocycles. The minimum absolute atomic E-state index is 0.0198. The number of halogens is 2. The Hall–Kier alpha value is -0.680. The van der Waals surface area contributed by atoms with Crippen LogP contribution >= 0.6 is 31.9 Å². The van der Waals surface area contributed by atoms with Gasteiger partial charge in [0.1, 0.15) is 0 Å². The molecule has 2 aromatic rings. The molecule has 0 heterocycles. The van der Waals surface area contributed by atoms with Crippen molar-refractivity contribution < 1.29 is 4.74 Å². The summed E-state index contributed by atoms with van der Waals surface area (Å²) in [7, 11) is 0. The Morgan fingerprint density at radius 1 is 1.05 bits per heavy atom. The number of hydrogen-bond donors (Lipinski definition) is 1. The maximum Gasteiger partial charge on any atom is 0.0980 e. The third-order valence-corrected chi connectivity index (χ3v) is 4.74. The molecule has 2 unspecified atom stereocenters. The quantitative estimate of drug-likeness (QED) is 0.706. The van der Waals surface area contributed by atoms with Gasteiger partial charge in [0.2, 0.25) is 0 Å². The monoisotopic (exact) mass is 411 g/mol. The molecule has 0 saturated carbocycles. The Morgan fingerprint density at radius 2 is 1.71 bits per heavy atom. The van der Waals surface area contributed by atoms with Crippen molar-refractivity contribution in [3.05, 3.63) is 68.6 Å². The van der Waals surface area contributed by atoms with Crippen LogP contribution in [0.1, 0.15) is 30.6 Å². The van der Waals surface area contributed by atoms with Gasteiger partial charge in [-0.2, -0.15) is 0 Å². The fourth-order valence-corrected chi connectivity index (χ4v) is 2.79. The van der Waals surface area contributed by atoms with Gasteiger partial charge in [0.05, 0.1) is 12.7 Å². The first-order chi connectivity index (χ1) is 10.1. The fraction of sp³-hybridized carbons (Fsp3) is 0.294. The van der Waals surface area contributed by atoms with Gasteiger partial charge in [-0.3, -0.25) is 0 Å². The van der Waals surface area contributed by atoms with Crippen LogP contribution in [0.5, 0.6) is 0 Å². The predicted molar refractivity (Wildman–Crippen MR) is 94.1 cm³/mol. The summed E-state index contributed by atoms with van der Waals surface area (Å²) >= 11 is 7.00. The Morgan fingerprint density at radius 3 is 2.33 bits per heavy atom. The van der Waals surface area contributed by atoms with Crippen molar-refractivity contribution >= 4 is 31.9 Å². The lowest BCUT2D eigenvalue weighted by molar-refractivity contribution is 0.0210. The lowest BCUT2D eigenvalue weighted by atomic mass is 10.0. The molecule has 0 saturated heterocycles. The second-order valence-electron chi connectivity index (χ2n) is 4.95. The van der Waals surface area contributed by atoms with Crippen molar-refractivity contribution in [2.75, 3.05) is 0 Å². The maximum atomic E-state index is 6.24. The molecule has 0 aliphatic carbocycles. The second kappa shape index (κ2) is 8.08. The van der Waals surface area contributed by atoms with E-state index in [2.05, 4.69) is 57.0 Å². The highest BCUT2D eigenvalue weighted by atomic mass is 79.9. The molecule has 0 radical (unpaired) electrons. The molecule has 2 atom stereocenters. The average Bonchev–Trinajstić information content (AvgIpc) is 2.50. The van der Waals surface area contributed by atoms with Crippen molar-refractivity contribution in [2.24, 2.45) is 5.73 Å². The van der Waals surface area contributed by atoms with E-state index >= 15 is 0 Å². The topological polar surface area (TPSA) is 35.2 Å². The zero-order valence-electron chi connectivity index (χ0n) is 11.9. The van der Waals surface area contributed by atoms with E-state index < -0.39 is 0 Å². The van der Waals surface area contributed by atoms with E-state index in [4.69, 9.17) is 10.5 Å². The number of nitrogens with two attached hydrogens (primary N) is 1. The molecule has 0 aliphatic heterocycles. The molecule has 0 spiro atoms. The van der Waals surface area contributed by atoms with Crippen LogP contribution < -0.4 is 5.73 Å². The van der Waals surface area contributed by atoms with E-state index in [1.165, 1.54) is 0 Å². The zero-order chi connectivity index (χ0) is 15.2. The van der Waals surface area contributed by atoms with Gasteiger partial charge in [0.15, 0.2) is 0 Å². The summed E-state index contributed by atoms with van der Waals surface area (Å²) in [5, 5.41) is 0. The lowest BCUT2D eigenvalue weighted by Crippen LogP contribution is -2.29. The van der Waals surface area contributed by atoms with Crippen LogP contribution in [0.2, 0.25) is 0 Å². The van der Waals surface area contributed by atoms with E-state index in [1.54, 1.807) is 0 Å². The molecule has 2 N–H and O–H groups in total. The Bertz CT molecular complexity index is 571. The van der Waals surface area contributed by atoms with Crippen molar-refractivity contribution in [3.63, 3.8) is 0 Å². The smallest absolute Gasteiger partial charge is 0.0980 e. The summed E-state index contributed by atoms with van der Waals surface area (Å²) in [5.41, 5.74) is 8.48. The highest BCUT2D eigenvalue weighted by Gasteiger charge is 2.19. The van der Waals surface area contributed by atoms with Gasteiger partial charge in [0, 0.05) is 15.0 Å². The summed E-state index contributed by atoms with van der Waals surface area (Å²) < 4.78 is 8.23. The first-order valence-corrected chi connectivity index (χ1v) is 8.56. The van der Waals surface area contributed by atoms with Crippen molar-refractivity contribution in [1.29, 1.82) is 0 Å². The fourth-order valence-electron chi connectivity index (χ4n) is 2.13. The highest BCUT2D eigenvalue weighted by molar-refractivity contribution is 9.10. The van der Waals surface area contributed by atoms with Crippen LogP contribution in [0.25, 0.3) is 0 Å². The van der Waals surface area contributed by atoms with Crippen molar-refractivity contribution in [1.82, 2.24) is 0 Å². The first-order valence-electron chi connectivity index (χ1n) is 6.98. The SMILES string of the molecule is CCC(N)C(OCc1ccccc1Br)c1ccc(Br)cc1. The predicted octanol–water partition coefficient (Wildman–Crippen LogP) is 5.21. The number of benzene rings is 2. The summed E-state index contributed by atoms with van der Waals surface area (Å²) in [4.78, 5) is 0. The Kier molecular flexibility index (Phi) is 6.42. The van der Waals surface area contributed by atoms with Gasteiger partial charge < -0.3 is 10.5 Å². The molecule has 0 aliphatic rings. The highest BCUT2D eigenvalue weighted by Crippen LogP contribution is 2.26.